The zero-order valence-corrected chi connectivity index (χ0v) is 14.4. The quantitative estimate of drug-likeness (QED) is 0.827. The van der Waals surface area contributed by atoms with Crippen molar-refractivity contribution in [2.45, 2.75) is 35.9 Å². The number of sulfonamides is 1. The van der Waals surface area contributed by atoms with Gasteiger partial charge >= 0.3 is 0 Å². The van der Waals surface area contributed by atoms with Crippen LogP contribution >= 0.6 is 27.3 Å². The molecule has 0 amide bonds. The smallest absolute Gasteiger partial charge is 0.252 e. The molecular weight excluding hydrogens is 360 g/mol. The Bertz CT molecular complexity index is 563. The Morgan fingerprint density at radius 1 is 1.30 bits per heavy atom. The van der Waals surface area contributed by atoms with E-state index in [0.29, 0.717) is 29.3 Å². The van der Waals surface area contributed by atoms with Crippen LogP contribution in [-0.4, -0.2) is 38.4 Å². The molecule has 7 heteroatoms. The second-order valence-electron chi connectivity index (χ2n) is 5.62. The van der Waals surface area contributed by atoms with E-state index in [9.17, 15) is 8.42 Å². The van der Waals surface area contributed by atoms with E-state index < -0.39 is 10.0 Å². The number of nitrogens with zero attached hydrogens (tertiary/aromatic N) is 1. The maximum absolute atomic E-state index is 12.8. The van der Waals surface area contributed by atoms with E-state index in [2.05, 4.69) is 21.2 Å². The number of rotatable bonds is 6. The molecule has 4 nitrogen and oxygen atoms in total. The maximum Gasteiger partial charge on any atom is 0.252 e. The average Bonchev–Trinajstić information content (AvgIpc) is 2.89. The van der Waals surface area contributed by atoms with Gasteiger partial charge in [0.25, 0.3) is 10.0 Å². The monoisotopic (exact) mass is 378 g/mol. The average molecular weight is 379 g/mol. The first kappa shape index (κ1) is 15.0. The Balaban J connectivity index is 1.79. The second-order valence-corrected chi connectivity index (χ2v) is 10.2. The zero-order valence-electron chi connectivity index (χ0n) is 11.2. The molecule has 1 aliphatic heterocycles. The van der Waals surface area contributed by atoms with Crippen molar-refractivity contribution in [3.63, 3.8) is 0 Å². The largest absolute Gasteiger partial charge is 0.313 e. The molecule has 1 N–H and O–H groups in total. The second kappa shape index (κ2) is 6.04. The predicted molar refractivity (Wildman–Crippen MR) is 84.5 cm³/mol. The van der Waals surface area contributed by atoms with Gasteiger partial charge in [0.2, 0.25) is 0 Å². The van der Waals surface area contributed by atoms with Crippen LogP contribution in [-0.2, 0) is 10.0 Å². The minimum atomic E-state index is -3.34. The summed E-state index contributed by atoms with van der Waals surface area (Å²) >= 11 is 4.64. The Labute approximate surface area is 132 Å². The van der Waals surface area contributed by atoms with Gasteiger partial charge in [0.15, 0.2) is 0 Å². The lowest BCUT2D eigenvalue weighted by atomic mass is 10.2. The van der Waals surface area contributed by atoms with Crippen LogP contribution in [0.5, 0.6) is 0 Å². The van der Waals surface area contributed by atoms with Crippen molar-refractivity contribution in [2.75, 3.05) is 19.6 Å². The van der Waals surface area contributed by atoms with Crippen molar-refractivity contribution < 1.29 is 8.42 Å². The topological polar surface area (TPSA) is 49.4 Å². The van der Waals surface area contributed by atoms with Gasteiger partial charge in [-0.1, -0.05) is 0 Å². The van der Waals surface area contributed by atoms with Gasteiger partial charge in [0.1, 0.15) is 4.21 Å². The maximum atomic E-state index is 12.8. The van der Waals surface area contributed by atoms with Gasteiger partial charge in [0, 0.05) is 19.1 Å². The molecule has 1 unspecified atom stereocenters. The molecule has 1 atom stereocenters. The van der Waals surface area contributed by atoms with Gasteiger partial charge in [0.05, 0.1) is 3.79 Å². The Kier molecular flexibility index (Phi) is 4.52. The molecule has 0 spiro atoms. The summed E-state index contributed by atoms with van der Waals surface area (Å²) in [6, 6.07) is 3.82. The van der Waals surface area contributed by atoms with Gasteiger partial charge in [-0.3, -0.25) is 0 Å². The van der Waals surface area contributed by atoms with Crippen LogP contribution in [0.15, 0.2) is 20.1 Å². The molecule has 1 aromatic heterocycles. The Morgan fingerprint density at radius 2 is 2.10 bits per heavy atom. The SMILES string of the molecule is O=S(=O)(c1ccc(Br)s1)N(CC1CC1)CC1CCCN1. The molecule has 0 bridgehead atoms. The number of thiophene rings is 1. The fourth-order valence-corrected chi connectivity index (χ4v) is 6.31. The third-order valence-electron chi connectivity index (χ3n) is 3.89. The summed E-state index contributed by atoms with van der Waals surface area (Å²) in [6.45, 7) is 2.29. The molecule has 2 aliphatic rings. The molecule has 2 heterocycles. The summed E-state index contributed by atoms with van der Waals surface area (Å²) in [5.74, 6) is 0.564. The predicted octanol–water partition coefficient (Wildman–Crippen LogP) is 2.66. The van der Waals surface area contributed by atoms with Crippen LogP contribution < -0.4 is 5.32 Å². The molecule has 1 aliphatic carbocycles. The molecule has 1 aromatic rings. The summed E-state index contributed by atoms with van der Waals surface area (Å²) in [5, 5.41) is 3.40. The fourth-order valence-electron chi connectivity index (χ4n) is 2.58. The van der Waals surface area contributed by atoms with E-state index in [1.54, 1.807) is 16.4 Å². The van der Waals surface area contributed by atoms with E-state index in [4.69, 9.17) is 0 Å². The lowest BCUT2D eigenvalue weighted by Gasteiger charge is -2.24. The van der Waals surface area contributed by atoms with Crippen LogP contribution in [0.25, 0.3) is 0 Å². The van der Waals surface area contributed by atoms with Gasteiger partial charge in [-0.15, -0.1) is 11.3 Å². The standard InChI is InChI=1S/C13H19BrN2O2S2/c14-12-5-6-13(19-12)20(17,18)16(8-10-3-4-10)9-11-2-1-7-15-11/h5-6,10-11,15H,1-4,7-9H2. The van der Waals surface area contributed by atoms with Crippen LogP contribution in [0.2, 0.25) is 0 Å². The highest BCUT2D eigenvalue weighted by atomic mass is 79.9. The van der Waals surface area contributed by atoms with Crippen LogP contribution in [0, 0.1) is 5.92 Å². The molecule has 1 saturated carbocycles. The van der Waals surface area contributed by atoms with E-state index in [1.807, 2.05) is 0 Å². The number of hydrogen-bond donors (Lipinski definition) is 1. The minimum Gasteiger partial charge on any atom is -0.313 e. The van der Waals surface area contributed by atoms with Gasteiger partial charge in [-0.25, -0.2) is 8.42 Å². The van der Waals surface area contributed by atoms with Gasteiger partial charge < -0.3 is 5.32 Å². The molecule has 1 saturated heterocycles. The van der Waals surface area contributed by atoms with Crippen molar-refractivity contribution in [1.82, 2.24) is 9.62 Å². The zero-order chi connectivity index (χ0) is 14.2. The van der Waals surface area contributed by atoms with Crippen molar-refractivity contribution in [3.05, 3.63) is 15.9 Å². The van der Waals surface area contributed by atoms with E-state index in [-0.39, 0.29) is 0 Å². The summed E-state index contributed by atoms with van der Waals surface area (Å²) in [6.07, 6.45) is 4.55. The number of nitrogens with one attached hydrogen (secondary N) is 1. The van der Waals surface area contributed by atoms with Crippen LogP contribution in [0.4, 0.5) is 0 Å². The number of hydrogen-bond acceptors (Lipinski definition) is 4. The first-order chi connectivity index (χ1) is 9.55. The van der Waals surface area contributed by atoms with Crippen LogP contribution in [0.3, 0.4) is 0 Å². The third kappa shape index (κ3) is 3.44. The van der Waals surface area contributed by atoms with Gasteiger partial charge in [-0.05, 0) is 66.2 Å². The summed E-state index contributed by atoms with van der Waals surface area (Å²) in [5.41, 5.74) is 0. The first-order valence-corrected chi connectivity index (χ1v) is 10.1. The van der Waals surface area contributed by atoms with Gasteiger partial charge in [-0.2, -0.15) is 4.31 Å². The van der Waals surface area contributed by atoms with Crippen LogP contribution in [0.1, 0.15) is 25.7 Å². The Hall–Kier alpha value is 0.0500. The number of halogens is 1. The highest BCUT2D eigenvalue weighted by Crippen LogP contribution is 2.34. The van der Waals surface area contributed by atoms with E-state index >= 15 is 0 Å². The lowest BCUT2D eigenvalue weighted by molar-refractivity contribution is 0.359. The normalized spacial score (nSPS) is 23.6. The molecule has 0 radical (unpaired) electrons. The van der Waals surface area contributed by atoms with Crippen molar-refractivity contribution in [1.29, 1.82) is 0 Å². The molecule has 2 fully saturated rings. The Morgan fingerprint density at radius 3 is 2.65 bits per heavy atom. The van der Waals surface area contributed by atoms with Crippen molar-refractivity contribution in [2.24, 2.45) is 5.92 Å². The molecule has 20 heavy (non-hydrogen) atoms. The molecule has 112 valence electrons. The molecular formula is C13H19BrN2O2S2. The highest BCUT2D eigenvalue weighted by Gasteiger charge is 2.34. The van der Waals surface area contributed by atoms with E-state index in [0.717, 1.165) is 36.0 Å². The van der Waals surface area contributed by atoms with Crippen molar-refractivity contribution >= 4 is 37.3 Å². The third-order valence-corrected chi connectivity index (χ3v) is 7.81. The van der Waals surface area contributed by atoms with E-state index in [1.165, 1.54) is 11.3 Å². The highest BCUT2D eigenvalue weighted by molar-refractivity contribution is 9.11. The lowest BCUT2D eigenvalue weighted by Crippen LogP contribution is -2.41. The summed E-state index contributed by atoms with van der Waals surface area (Å²) in [4.78, 5) is 0. The minimum absolute atomic E-state index is 0.312. The summed E-state index contributed by atoms with van der Waals surface area (Å²) in [7, 11) is -3.34. The van der Waals surface area contributed by atoms with Crippen molar-refractivity contribution in [3.8, 4) is 0 Å². The summed E-state index contributed by atoms with van der Waals surface area (Å²) < 4.78 is 28.6. The first-order valence-electron chi connectivity index (χ1n) is 7.04. The fraction of sp³-hybridized carbons (Fsp3) is 0.692. The molecule has 0 aromatic carbocycles. The molecule has 3 rings (SSSR count).